The topological polar surface area (TPSA) is 71.8 Å². The number of benzene rings is 2. The van der Waals surface area contributed by atoms with Gasteiger partial charge in [-0.3, -0.25) is 9.59 Å². The van der Waals surface area contributed by atoms with E-state index < -0.39 is 0 Å². The standard InChI is InChI=1S/C27H29FN2O4/c1-17(14-24(31)29-11-5-13-30-12-4-6-25(30)32)21-15-22-23(19-7-9-20(28)10-8-19)16-34-27(22)18(2)26(21)33-3/h7-10,14-16H,4-6,11-13H2,1-3H3,(H,29,31)/b17-14+. The first-order valence-corrected chi connectivity index (χ1v) is 11.5. The number of halogens is 1. The summed E-state index contributed by atoms with van der Waals surface area (Å²) in [5, 5.41) is 3.76. The van der Waals surface area contributed by atoms with Crippen molar-refractivity contribution >= 4 is 28.4 Å². The molecule has 0 unspecified atom stereocenters. The van der Waals surface area contributed by atoms with E-state index in [4.69, 9.17) is 9.15 Å². The van der Waals surface area contributed by atoms with Gasteiger partial charge >= 0.3 is 0 Å². The molecule has 0 spiro atoms. The van der Waals surface area contributed by atoms with Gasteiger partial charge in [0.15, 0.2) is 0 Å². The number of methoxy groups -OCH3 is 1. The smallest absolute Gasteiger partial charge is 0.244 e. The van der Waals surface area contributed by atoms with Crippen molar-refractivity contribution in [3.8, 4) is 16.9 Å². The summed E-state index contributed by atoms with van der Waals surface area (Å²) in [6, 6.07) is 8.21. The van der Waals surface area contributed by atoms with Crippen LogP contribution >= 0.6 is 0 Å². The molecular formula is C27H29FN2O4. The SMILES string of the molecule is COc1c(/C(C)=C/C(=O)NCCCN2CCCC2=O)cc2c(-c3ccc(F)cc3)coc2c1C. The van der Waals surface area contributed by atoms with Crippen LogP contribution in [-0.4, -0.2) is 43.5 Å². The number of ether oxygens (including phenoxy) is 1. The third-order valence-electron chi connectivity index (χ3n) is 6.25. The van der Waals surface area contributed by atoms with E-state index in [1.54, 1.807) is 31.6 Å². The van der Waals surface area contributed by atoms with E-state index in [1.807, 2.05) is 24.8 Å². The summed E-state index contributed by atoms with van der Waals surface area (Å²) < 4.78 is 24.9. The second-order valence-corrected chi connectivity index (χ2v) is 8.57. The highest BCUT2D eigenvalue weighted by Crippen LogP contribution is 2.40. The Morgan fingerprint density at radius 2 is 2.06 bits per heavy atom. The van der Waals surface area contributed by atoms with Crippen LogP contribution in [0.25, 0.3) is 27.7 Å². The third kappa shape index (κ3) is 4.83. The number of amides is 2. The van der Waals surface area contributed by atoms with E-state index in [0.29, 0.717) is 30.8 Å². The molecule has 1 N–H and O–H groups in total. The number of nitrogens with zero attached hydrogens (tertiary/aromatic N) is 1. The zero-order valence-corrected chi connectivity index (χ0v) is 19.7. The Bertz CT molecular complexity index is 1240. The van der Waals surface area contributed by atoms with E-state index in [0.717, 1.165) is 52.6 Å². The van der Waals surface area contributed by atoms with Gasteiger partial charge in [-0.25, -0.2) is 4.39 Å². The van der Waals surface area contributed by atoms with E-state index in [1.165, 1.54) is 12.1 Å². The summed E-state index contributed by atoms with van der Waals surface area (Å²) in [6.45, 7) is 5.75. The number of rotatable bonds is 8. The molecule has 1 aliphatic heterocycles. The molecule has 1 aliphatic rings. The van der Waals surface area contributed by atoms with Crippen molar-refractivity contribution in [1.29, 1.82) is 0 Å². The molecule has 1 aromatic heterocycles. The van der Waals surface area contributed by atoms with Crippen molar-refractivity contribution in [1.82, 2.24) is 10.2 Å². The van der Waals surface area contributed by atoms with Crippen LogP contribution in [-0.2, 0) is 9.59 Å². The van der Waals surface area contributed by atoms with E-state index in [9.17, 15) is 14.0 Å². The van der Waals surface area contributed by atoms with Crippen LogP contribution in [0.1, 0.15) is 37.3 Å². The number of likely N-dealkylation sites (tertiary alicyclic amines) is 1. The lowest BCUT2D eigenvalue weighted by Gasteiger charge is -2.15. The molecule has 0 atom stereocenters. The summed E-state index contributed by atoms with van der Waals surface area (Å²) in [4.78, 5) is 26.1. The molecule has 0 radical (unpaired) electrons. The fraction of sp³-hybridized carbons (Fsp3) is 0.333. The number of fused-ring (bicyclic) bond motifs is 1. The van der Waals surface area contributed by atoms with Crippen LogP contribution < -0.4 is 10.1 Å². The average Bonchev–Trinajstić information content (AvgIpc) is 3.43. The molecular weight excluding hydrogens is 435 g/mol. The Morgan fingerprint density at radius 1 is 1.29 bits per heavy atom. The summed E-state index contributed by atoms with van der Waals surface area (Å²) in [7, 11) is 1.59. The van der Waals surface area contributed by atoms with Gasteiger partial charge in [0.05, 0.1) is 13.4 Å². The minimum atomic E-state index is -0.299. The Hall–Kier alpha value is -3.61. The predicted molar refractivity (Wildman–Crippen MR) is 130 cm³/mol. The van der Waals surface area contributed by atoms with Gasteiger partial charge in [-0.15, -0.1) is 0 Å². The number of hydrogen-bond acceptors (Lipinski definition) is 4. The maximum atomic E-state index is 13.4. The fourth-order valence-corrected chi connectivity index (χ4v) is 4.47. The first-order chi connectivity index (χ1) is 16.4. The zero-order chi connectivity index (χ0) is 24.2. The molecule has 4 rings (SSSR count). The Balaban J connectivity index is 1.54. The first kappa shape index (κ1) is 23.5. The first-order valence-electron chi connectivity index (χ1n) is 11.5. The largest absolute Gasteiger partial charge is 0.496 e. The molecule has 0 aliphatic carbocycles. The fourth-order valence-electron chi connectivity index (χ4n) is 4.47. The lowest BCUT2D eigenvalue weighted by Crippen LogP contribution is -2.30. The van der Waals surface area contributed by atoms with Crippen LogP contribution in [0, 0.1) is 12.7 Å². The number of aryl methyl sites for hydroxylation is 1. The van der Waals surface area contributed by atoms with Crippen LogP contribution in [0.4, 0.5) is 4.39 Å². The Morgan fingerprint density at radius 3 is 2.74 bits per heavy atom. The lowest BCUT2D eigenvalue weighted by atomic mass is 9.96. The number of carbonyl (C=O) groups excluding carboxylic acids is 2. The number of allylic oxidation sites excluding steroid dienone is 1. The third-order valence-corrected chi connectivity index (χ3v) is 6.25. The molecule has 1 fully saturated rings. The number of hydrogen-bond donors (Lipinski definition) is 1. The van der Waals surface area contributed by atoms with E-state index in [2.05, 4.69) is 5.32 Å². The molecule has 34 heavy (non-hydrogen) atoms. The van der Waals surface area contributed by atoms with Gasteiger partial charge in [-0.05, 0) is 56.0 Å². The molecule has 0 bridgehead atoms. The van der Waals surface area contributed by atoms with Gasteiger partial charge in [0.2, 0.25) is 11.8 Å². The lowest BCUT2D eigenvalue weighted by molar-refractivity contribution is -0.127. The van der Waals surface area contributed by atoms with Crippen LogP contribution in [0.15, 0.2) is 47.1 Å². The van der Waals surface area contributed by atoms with Crippen molar-refractivity contribution in [2.24, 2.45) is 0 Å². The van der Waals surface area contributed by atoms with Crippen LogP contribution in [0.3, 0.4) is 0 Å². The second-order valence-electron chi connectivity index (χ2n) is 8.57. The summed E-state index contributed by atoms with van der Waals surface area (Å²) in [6.07, 6.45) is 5.47. The maximum Gasteiger partial charge on any atom is 0.244 e. The monoisotopic (exact) mass is 464 g/mol. The van der Waals surface area contributed by atoms with Gasteiger partial charge in [-0.1, -0.05) is 12.1 Å². The van der Waals surface area contributed by atoms with Gasteiger partial charge in [0.1, 0.15) is 17.1 Å². The quantitative estimate of drug-likeness (QED) is 0.372. The van der Waals surface area contributed by atoms with Crippen molar-refractivity contribution < 1.29 is 23.1 Å². The molecule has 0 saturated carbocycles. The van der Waals surface area contributed by atoms with Gasteiger partial charge in [0, 0.05) is 54.2 Å². The van der Waals surface area contributed by atoms with Gasteiger partial charge in [0.25, 0.3) is 0 Å². The molecule has 2 heterocycles. The van der Waals surface area contributed by atoms with Crippen LogP contribution in [0.5, 0.6) is 5.75 Å². The second kappa shape index (κ2) is 10.1. The minimum Gasteiger partial charge on any atom is -0.496 e. The van der Waals surface area contributed by atoms with Crippen molar-refractivity contribution in [2.75, 3.05) is 26.7 Å². The predicted octanol–water partition coefficient (Wildman–Crippen LogP) is 5.09. The molecule has 2 amide bonds. The number of nitrogens with one attached hydrogen (secondary N) is 1. The van der Waals surface area contributed by atoms with Crippen molar-refractivity contribution in [2.45, 2.75) is 33.1 Å². The highest BCUT2D eigenvalue weighted by molar-refractivity contribution is 6.01. The average molecular weight is 465 g/mol. The van der Waals surface area contributed by atoms with E-state index >= 15 is 0 Å². The zero-order valence-electron chi connectivity index (χ0n) is 19.7. The number of carbonyl (C=O) groups is 2. The molecule has 1 saturated heterocycles. The highest BCUT2D eigenvalue weighted by Gasteiger charge is 2.20. The van der Waals surface area contributed by atoms with Gasteiger partial charge < -0.3 is 19.4 Å². The Labute approximate surface area is 198 Å². The minimum absolute atomic E-state index is 0.194. The Kier molecular flexibility index (Phi) is 7.01. The summed E-state index contributed by atoms with van der Waals surface area (Å²) in [5.41, 5.74) is 4.73. The van der Waals surface area contributed by atoms with E-state index in [-0.39, 0.29) is 17.6 Å². The summed E-state index contributed by atoms with van der Waals surface area (Å²) >= 11 is 0. The normalized spacial score (nSPS) is 14.2. The van der Waals surface area contributed by atoms with Gasteiger partial charge in [-0.2, -0.15) is 0 Å². The molecule has 2 aromatic carbocycles. The molecule has 3 aromatic rings. The molecule has 178 valence electrons. The highest BCUT2D eigenvalue weighted by atomic mass is 19.1. The van der Waals surface area contributed by atoms with Crippen molar-refractivity contribution in [3.63, 3.8) is 0 Å². The molecule has 6 nitrogen and oxygen atoms in total. The molecule has 7 heteroatoms. The maximum absolute atomic E-state index is 13.4. The summed E-state index contributed by atoms with van der Waals surface area (Å²) in [5.74, 6) is 0.337. The van der Waals surface area contributed by atoms with Crippen molar-refractivity contribution in [3.05, 3.63) is 59.6 Å². The van der Waals surface area contributed by atoms with Crippen LogP contribution in [0.2, 0.25) is 0 Å². The number of furan rings is 1.